The van der Waals surface area contributed by atoms with E-state index in [0.717, 1.165) is 5.56 Å². The summed E-state index contributed by atoms with van der Waals surface area (Å²) in [6, 6.07) is 1.74. The van der Waals surface area contributed by atoms with Crippen molar-refractivity contribution in [2.75, 3.05) is 12.0 Å². The zero-order chi connectivity index (χ0) is 14.4. The Kier molecular flexibility index (Phi) is 5.22. The van der Waals surface area contributed by atoms with Crippen molar-refractivity contribution < 1.29 is 4.74 Å². The van der Waals surface area contributed by atoms with Gasteiger partial charge in [0, 0.05) is 25.1 Å². The van der Waals surface area contributed by atoms with Gasteiger partial charge in [-0.15, -0.1) is 0 Å². The average Bonchev–Trinajstić information content (AvgIpc) is 2.47. The summed E-state index contributed by atoms with van der Waals surface area (Å²) in [5.41, 5.74) is 3.53. The zero-order valence-corrected chi connectivity index (χ0v) is 12.1. The first-order valence-electron chi connectivity index (χ1n) is 6.10. The number of hydrogen-bond acceptors (Lipinski definition) is 8. The van der Waals surface area contributed by atoms with E-state index in [4.69, 9.17) is 10.6 Å². The molecule has 0 spiro atoms. The number of rotatable bonds is 6. The maximum Gasteiger partial charge on any atom is 0.193 e. The second kappa shape index (κ2) is 7.13. The van der Waals surface area contributed by atoms with Gasteiger partial charge in [0.15, 0.2) is 11.0 Å². The number of nitrogen functional groups attached to an aromatic ring is 1. The van der Waals surface area contributed by atoms with Gasteiger partial charge in [0.1, 0.15) is 17.5 Å². The van der Waals surface area contributed by atoms with E-state index in [-0.39, 0.29) is 0 Å². The highest BCUT2D eigenvalue weighted by Crippen LogP contribution is 2.24. The van der Waals surface area contributed by atoms with Crippen LogP contribution in [-0.2, 0) is 11.3 Å². The molecule has 0 amide bonds. The third kappa shape index (κ3) is 4.12. The molecule has 0 unspecified atom stereocenters. The fourth-order valence-electron chi connectivity index (χ4n) is 1.38. The van der Waals surface area contributed by atoms with Crippen molar-refractivity contribution in [1.82, 2.24) is 19.9 Å². The molecule has 0 aliphatic heterocycles. The van der Waals surface area contributed by atoms with Gasteiger partial charge in [-0.25, -0.2) is 25.8 Å². The molecule has 2 aromatic rings. The Hall–Kier alpha value is -1.77. The number of hydrogen-bond donors (Lipinski definition) is 2. The van der Waals surface area contributed by atoms with Gasteiger partial charge < -0.3 is 10.2 Å². The molecular weight excluding hydrogens is 276 g/mol. The molecule has 106 valence electrons. The predicted molar refractivity (Wildman–Crippen MR) is 76.1 cm³/mol. The van der Waals surface area contributed by atoms with E-state index < -0.39 is 0 Å². The number of hydrazine groups is 1. The SMILES string of the molecule is CCOCc1nc(NN)cc(Sc2ncc(C)cn2)n1. The normalized spacial score (nSPS) is 10.6. The summed E-state index contributed by atoms with van der Waals surface area (Å²) < 4.78 is 5.31. The molecule has 2 heterocycles. The number of nitrogens with one attached hydrogen (secondary N) is 1. The monoisotopic (exact) mass is 292 g/mol. The van der Waals surface area contributed by atoms with E-state index in [1.54, 1.807) is 18.5 Å². The topological polar surface area (TPSA) is 98.8 Å². The lowest BCUT2D eigenvalue weighted by atomic mass is 10.4. The van der Waals surface area contributed by atoms with Crippen molar-refractivity contribution in [2.24, 2.45) is 5.84 Å². The lowest BCUT2D eigenvalue weighted by molar-refractivity contribution is 0.128. The first-order valence-corrected chi connectivity index (χ1v) is 6.91. The van der Waals surface area contributed by atoms with Crippen LogP contribution in [0.2, 0.25) is 0 Å². The van der Waals surface area contributed by atoms with Crippen LogP contribution in [0.5, 0.6) is 0 Å². The summed E-state index contributed by atoms with van der Waals surface area (Å²) in [6.45, 7) is 4.80. The number of aryl methyl sites for hydroxylation is 1. The van der Waals surface area contributed by atoms with Crippen molar-refractivity contribution in [3.8, 4) is 0 Å². The number of ether oxygens (including phenoxy) is 1. The quantitative estimate of drug-likeness (QED) is 0.358. The first kappa shape index (κ1) is 14.6. The van der Waals surface area contributed by atoms with Crippen molar-refractivity contribution in [3.63, 3.8) is 0 Å². The maximum absolute atomic E-state index is 5.41. The third-order valence-corrected chi connectivity index (χ3v) is 3.10. The van der Waals surface area contributed by atoms with Crippen LogP contribution in [0, 0.1) is 6.92 Å². The highest BCUT2D eigenvalue weighted by Gasteiger charge is 2.07. The fourth-order valence-corrected chi connectivity index (χ4v) is 2.10. The van der Waals surface area contributed by atoms with Crippen LogP contribution < -0.4 is 11.3 Å². The Morgan fingerprint density at radius 1 is 1.30 bits per heavy atom. The smallest absolute Gasteiger partial charge is 0.193 e. The molecule has 8 heteroatoms. The molecule has 20 heavy (non-hydrogen) atoms. The second-order valence-corrected chi connectivity index (χ2v) is 4.92. The molecule has 0 aromatic carbocycles. The van der Waals surface area contributed by atoms with E-state index in [9.17, 15) is 0 Å². The van der Waals surface area contributed by atoms with E-state index in [2.05, 4.69) is 25.4 Å². The van der Waals surface area contributed by atoms with Gasteiger partial charge in [0.25, 0.3) is 0 Å². The van der Waals surface area contributed by atoms with Crippen LogP contribution in [0.25, 0.3) is 0 Å². The molecule has 0 fully saturated rings. The second-order valence-electron chi connectivity index (χ2n) is 3.93. The third-order valence-electron chi connectivity index (χ3n) is 2.29. The van der Waals surface area contributed by atoms with Gasteiger partial charge in [0.05, 0.1) is 0 Å². The average molecular weight is 292 g/mol. The Balaban J connectivity index is 2.19. The molecule has 0 atom stereocenters. The van der Waals surface area contributed by atoms with Crippen LogP contribution in [0.15, 0.2) is 28.6 Å². The van der Waals surface area contributed by atoms with Crippen LogP contribution in [-0.4, -0.2) is 26.5 Å². The standard InChI is InChI=1S/C12H16N6OS/c1-3-19-7-10-16-9(18-13)4-11(17-10)20-12-14-5-8(2)6-15-12/h4-6H,3,7,13H2,1-2H3,(H,16,17,18). The molecular formula is C12H16N6OS. The summed E-state index contributed by atoms with van der Waals surface area (Å²) in [6.07, 6.45) is 3.53. The highest BCUT2D eigenvalue weighted by atomic mass is 32.2. The number of nitrogens with zero attached hydrogens (tertiary/aromatic N) is 4. The van der Waals surface area contributed by atoms with Gasteiger partial charge in [-0.05, 0) is 31.2 Å². The molecule has 0 saturated heterocycles. The minimum Gasteiger partial charge on any atom is -0.374 e. The summed E-state index contributed by atoms with van der Waals surface area (Å²) in [7, 11) is 0. The van der Waals surface area contributed by atoms with E-state index in [1.165, 1.54) is 11.8 Å². The largest absolute Gasteiger partial charge is 0.374 e. The van der Waals surface area contributed by atoms with Gasteiger partial charge >= 0.3 is 0 Å². The molecule has 0 aliphatic carbocycles. The molecule has 2 aromatic heterocycles. The van der Waals surface area contributed by atoms with Crippen LogP contribution >= 0.6 is 11.8 Å². The number of aromatic nitrogens is 4. The van der Waals surface area contributed by atoms with Crippen molar-refractivity contribution in [3.05, 3.63) is 29.8 Å². The molecule has 7 nitrogen and oxygen atoms in total. The fraction of sp³-hybridized carbons (Fsp3) is 0.333. The summed E-state index contributed by atoms with van der Waals surface area (Å²) >= 11 is 1.35. The maximum atomic E-state index is 5.41. The van der Waals surface area contributed by atoms with Crippen LogP contribution in [0.3, 0.4) is 0 Å². The Bertz CT molecular complexity index is 562. The minimum absolute atomic E-state index is 0.342. The van der Waals surface area contributed by atoms with Crippen LogP contribution in [0.4, 0.5) is 5.82 Å². The van der Waals surface area contributed by atoms with Crippen molar-refractivity contribution in [1.29, 1.82) is 0 Å². The highest BCUT2D eigenvalue weighted by molar-refractivity contribution is 7.99. The van der Waals surface area contributed by atoms with Gasteiger partial charge in [-0.3, -0.25) is 0 Å². The van der Waals surface area contributed by atoms with Crippen molar-refractivity contribution in [2.45, 2.75) is 30.6 Å². The number of nitrogens with two attached hydrogens (primary N) is 1. The molecule has 0 aliphatic rings. The number of anilines is 1. The van der Waals surface area contributed by atoms with Gasteiger partial charge in [-0.1, -0.05) is 0 Å². The lowest BCUT2D eigenvalue weighted by Gasteiger charge is -2.07. The van der Waals surface area contributed by atoms with E-state index in [0.29, 0.717) is 35.0 Å². The zero-order valence-electron chi connectivity index (χ0n) is 11.3. The lowest BCUT2D eigenvalue weighted by Crippen LogP contribution is -2.11. The Labute approximate surface area is 121 Å². The summed E-state index contributed by atoms with van der Waals surface area (Å²) in [5.74, 6) is 6.51. The minimum atomic E-state index is 0.342. The van der Waals surface area contributed by atoms with Gasteiger partial charge in [-0.2, -0.15) is 0 Å². The van der Waals surface area contributed by atoms with E-state index in [1.807, 2.05) is 13.8 Å². The molecule has 0 bridgehead atoms. The molecule has 0 radical (unpaired) electrons. The molecule has 3 N–H and O–H groups in total. The van der Waals surface area contributed by atoms with Gasteiger partial charge in [0.2, 0.25) is 0 Å². The summed E-state index contributed by atoms with van der Waals surface area (Å²) in [4.78, 5) is 17.1. The summed E-state index contributed by atoms with van der Waals surface area (Å²) in [5, 5.41) is 1.34. The predicted octanol–water partition coefficient (Wildman–Crippen LogP) is 1.55. The first-order chi connectivity index (χ1) is 9.71. The van der Waals surface area contributed by atoms with E-state index >= 15 is 0 Å². The van der Waals surface area contributed by atoms with Crippen LogP contribution in [0.1, 0.15) is 18.3 Å². The molecule has 0 saturated carbocycles. The Morgan fingerprint density at radius 3 is 2.70 bits per heavy atom. The molecule has 2 rings (SSSR count). The van der Waals surface area contributed by atoms with Crippen molar-refractivity contribution >= 4 is 17.6 Å². The Morgan fingerprint density at radius 2 is 2.05 bits per heavy atom.